The third-order valence-electron chi connectivity index (χ3n) is 6.93. The molecule has 0 bridgehead atoms. The van der Waals surface area contributed by atoms with E-state index in [2.05, 4.69) is 37.1 Å². The van der Waals surface area contributed by atoms with Crippen LogP contribution in [-0.2, 0) is 4.74 Å². The normalized spacial score (nSPS) is 23.7. The van der Waals surface area contributed by atoms with E-state index < -0.39 is 12.0 Å². The molecule has 1 N–H and O–H groups in total. The lowest BCUT2D eigenvalue weighted by atomic mass is 9.97. The molecule has 0 amide bonds. The van der Waals surface area contributed by atoms with Gasteiger partial charge in [0.1, 0.15) is 6.04 Å². The van der Waals surface area contributed by atoms with Gasteiger partial charge in [-0.3, -0.25) is 4.90 Å². The molecular formula is C22H23Cl2F2N7O. The van der Waals surface area contributed by atoms with E-state index in [-0.39, 0.29) is 17.1 Å². The summed E-state index contributed by atoms with van der Waals surface area (Å²) in [5.74, 6) is -2.47. The Morgan fingerprint density at radius 3 is 2.50 bits per heavy atom. The van der Waals surface area contributed by atoms with Gasteiger partial charge < -0.3 is 15.0 Å². The number of benzene rings is 1. The number of anilines is 3. The Hall–Kier alpha value is -2.27. The maximum Gasteiger partial charge on any atom is 0.272 e. The molecule has 1 aliphatic carbocycles. The molecule has 1 saturated carbocycles. The van der Waals surface area contributed by atoms with Crippen molar-refractivity contribution in [2.75, 3.05) is 49.6 Å². The SMILES string of the molecule is CC1(N2CCN(c3cc4nc(Nc5cnn(C6CC6(F)F)c5Cl)ncc4cc3Cl)CC2)COC1. The Bertz CT molecular complexity index is 1260. The Labute approximate surface area is 204 Å². The Morgan fingerprint density at radius 2 is 1.85 bits per heavy atom. The fraction of sp³-hybridized carbons (Fsp3) is 0.500. The van der Waals surface area contributed by atoms with Crippen LogP contribution in [0.2, 0.25) is 10.2 Å². The number of hydrogen-bond acceptors (Lipinski definition) is 7. The molecule has 2 aromatic heterocycles. The molecule has 1 aromatic carbocycles. The van der Waals surface area contributed by atoms with Crippen LogP contribution in [0.4, 0.5) is 26.1 Å². The van der Waals surface area contributed by atoms with Crippen LogP contribution in [0.25, 0.3) is 10.9 Å². The average Bonchev–Trinajstić information content (AvgIpc) is 3.28. The fourth-order valence-corrected chi connectivity index (χ4v) is 5.19. The summed E-state index contributed by atoms with van der Waals surface area (Å²) < 4.78 is 33.4. The number of nitrogens with zero attached hydrogens (tertiary/aromatic N) is 6. The van der Waals surface area contributed by atoms with Crippen molar-refractivity contribution in [1.29, 1.82) is 0 Å². The molecule has 2 aliphatic heterocycles. The van der Waals surface area contributed by atoms with Gasteiger partial charge in [-0.05, 0) is 19.1 Å². The summed E-state index contributed by atoms with van der Waals surface area (Å²) in [6.45, 7) is 7.40. The number of alkyl halides is 2. The van der Waals surface area contributed by atoms with Gasteiger partial charge in [-0.1, -0.05) is 23.2 Å². The smallest absolute Gasteiger partial charge is 0.272 e. The number of piperazine rings is 1. The number of hydrogen-bond donors (Lipinski definition) is 1. The summed E-state index contributed by atoms with van der Waals surface area (Å²) in [7, 11) is 0. The predicted octanol–water partition coefficient (Wildman–Crippen LogP) is 4.37. The molecule has 1 unspecified atom stereocenters. The monoisotopic (exact) mass is 509 g/mol. The summed E-state index contributed by atoms with van der Waals surface area (Å²) in [4.78, 5) is 13.7. The van der Waals surface area contributed by atoms with Crippen molar-refractivity contribution in [1.82, 2.24) is 24.6 Å². The van der Waals surface area contributed by atoms with Crippen molar-refractivity contribution in [3.8, 4) is 0 Å². The van der Waals surface area contributed by atoms with E-state index in [0.29, 0.717) is 16.7 Å². The highest BCUT2D eigenvalue weighted by molar-refractivity contribution is 6.34. The lowest BCUT2D eigenvalue weighted by Crippen LogP contribution is -2.64. The van der Waals surface area contributed by atoms with Gasteiger partial charge in [0.25, 0.3) is 5.92 Å². The third kappa shape index (κ3) is 3.77. The van der Waals surface area contributed by atoms with Crippen LogP contribution in [0, 0.1) is 0 Å². The predicted molar refractivity (Wildman–Crippen MR) is 127 cm³/mol. The van der Waals surface area contributed by atoms with Crippen molar-refractivity contribution in [3.05, 3.63) is 34.7 Å². The zero-order valence-corrected chi connectivity index (χ0v) is 20.0. The van der Waals surface area contributed by atoms with E-state index in [1.165, 1.54) is 6.20 Å². The number of nitrogens with one attached hydrogen (secondary N) is 1. The highest BCUT2D eigenvalue weighted by Gasteiger charge is 2.59. The summed E-state index contributed by atoms with van der Waals surface area (Å²) in [6.07, 6.45) is 2.82. The molecule has 180 valence electrons. The summed E-state index contributed by atoms with van der Waals surface area (Å²) in [5.41, 5.74) is 2.16. The average molecular weight is 510 g/mol. The molecule has 6 rings (SSSR count). The second kappa shape index (κ2) is 7.87. The van der Waals surface area contributed by atoms with Crippen LogP contribution in [0.1, 0.15) is 19.4 Å². The van der Waals surface area contributed by atoms with Crippen LogP contribution in [0.15, 0.2) is 24.5 Å². The van der Waals surface area contributed by atoms with Crippen molar-refractivity contribution >= 4 is 51.4 Å². The van der Waals surface area contributed by atoms with E-state index in [1.807, 2.05) is 12.1 Å². The van der Waals surface area contributed by atoms with Gasteiger partial charge >= 0.3 is 0 Å². The fourth-order valence-electron chi connectivity index (χ4n) is 4.64. The zero-order chi connectivity index (χ0) is 23.7. The molecule has 2 saturated heterocycles. The van der Waals surface area contributed by atoms with Crippen LogP contribution in [0.3, 0.4) is 0 Å². The van der Waals surface area contributed by atoms with Crippen molar-refractivity contribution in [2.24, 2.45) is 0 Å². The van der Waals surface area contributed by atoms with Crippen LogP contribution in [0.5, 0.6) is 0 Å². The maximum atomic E-state index is 13.4. The molecule has 4 heterocycles. The van der Waals surface area contributed by atoms with Gasteiger partial charge in [0.05, 0.1) is 46.9 Å². The number of aromatic nitrogens is 4. The summed E-state index contributed by atoms with van der Waals surface area (Å²) >= 11 is 12.9. The molecule has 3 aromatic rings. The molecule has 34 heavy (non-hydrogen) atoms. The Balaban J connectivity index is 1.21. The molecule has 8 nitrogen and oxygen atoms in total. The second-order valence-corrected chi connectivity index (χ2v) is 10.2. The summed E-state index contributed by atoms with van der Waals surface area (Å²) in [5, 5.41) is 8.56. The van der Waals surface area contributed by atoms with E-state index in [0.717, 1.165) is 60.7 Å². The minimum Gasteiger partial charge on any atom is -0.377 e. The third-order valence-corrected chi connectivity index (χ3v) is 7.61. The maximum absolute atomic E-state index is 13.4. The number of ether oxygens (including phenoxy) is 1. The largest absolute Gasteiger partial charge is 0.377 e. The topological polar surface area (TPSA) is 71.3 Å². The lowest BCUT2D eigenvalue weighted by molar-refractivity contribution is -0.131. The van der Waals surface area contributed by atoms with Gasteiger partial charge in [0, 0.05) is 44.2 Å². The van der Waals surface area contributed by atoms with E-state index in [1.54, 1.807) is 6.20 Å². The standard InChI is InChI=1S/C22H23Cl2F2N7O/c1-21(11-34-12-21)32-4-2-31(3-5-32)17-7-15-13(6-14(17)23)9-27-20(29-15)30-16-10-28-33(19(16)24)18-8-22(18,25)26/h6-7,9-10,18H,2-5,8,11-12H2,1H3,(H,27,29,30). The first kappa shape index (κ1) is 22.2. The molecule has 0 radical (unpaired) electrons. The Morgan fingerprint density at radius 1 is 1.12 bits per heavy atom. The van der Waals surface area contributed by atoms with Crippen LogP contribution in [-0.4, -0.2) is 75.5 Å². The quantitative estimate of drug-likeness (QED) is 0.547. The van der Waals surface area contributed by atoms with Gasteiger partial charge in [0.15, 0.2) is 5.15 Å². The van der Waals surface area contributed by atoms with Crippen LogP contribution >= 0.6 is 23.2 Å². The minimum absolute atomic E-state index is 0.103. The van der Waals surface area contributed by atoms with Crippen molar-refractivity contribution in [2.45, 2.75) is 30.8 Å². The minimum atomic E-state index is -2.77. The van der Waals surface area contributed by atoms with E-state index in [4.69, 9.17) is 27.9 Å². The van der Waals surface area contributed by atoms with E-state index >= 15 is 0 Å². The highest BCUT2D eigenvalue weighted by atomic mass is 35.5. The molecule has 1 atom stereocenters. The van der Waals surface area contributed by atoms with Crippen molar-refractivity contribution in [3.63, 3.8) is 0 Å². The first-order valence-corrected chi connectivity index (χ1v) is 11.9. The first-order chi connectivity index (χ1) is 16.2. The van der Waals surface area contributed by atoms with E-state index in [9.17, 15) is 8.78 Å². The molecular weight excluding hydrogens is 487 g/mol. The highest BCUT2D eigenvalue weighted by Crippen LogP contribution is 2.53. The second-order valence-electron chi connectivity index (χ2n) is 9.42. The molecule has 3 fully saturated rings. The molecule has 3 aliphatic rings. The number of fused-ring (bicyclic) bond motifs is 1. The summed E-state index contributed by atoms with van der Waals surface area (Å²) in [6, 6.07) is 2.82. The zero-order valence-electron chi connectivity index (χ0n) is 18.4. The van der Waals surface area contributed by atoms with Gasteiger partial charge in [-0.25, -0.2) is 23.4 Å². The number of rotatable bonds is 5. The van der Waals surface area contributed by atoms with Gasteiger partial charge in [-0.2, -0.15) is 5.10 Å². The van der Waals surface area contributed by atoms with Crippen molar-refractivity contribution < 1.29 is 13.5 Å². The lowest BCUT2D eigenvalue weighted by Gasteiger charge is -2.50. The van der Waals surface area contributed by atoms with Gasteiger partial charge in [-0.15, -0.1) is 0 Å². The van der Waals surface area contributed by atoms with Gasteiger partial charge in [0.2, 0.25) is 5.95 Å². The number of halogens is 4. The molecule has 12 heteroatoms. The van der Waals surface area contributed by atoms with Crippen LogP contribution < -0.4 is 10.2 Å². The Kier molecular flexibility index (Phi) is 5.14. The first-order valence-electron chi connectivity index (χ1n) is 11.2. The molecule has 0 spiro atoms.